The zero-order valence-electron chi connectivity index (χ0n) is 14.8. The quantitative estimate of drug-likeness (QED) is 0.631. The van der Waals surface area contributed by atoms with Gasteiger partial charge in [0.15, 0.2) is 6.10 Å². The first-order chi connectivity index (χ1) is 10.9. The molecule has 0 bridgehead atoms. The predicted molar refractivity (Wildman–Crippen MR) is 82.2 cm³/mol. The Balaban J connectivity index is 2.63. The van der Waals surface area contributed by atoms with E-state index in [0.29, 0.717) is 19.3 Å². The van der Waals surface area contributed by atoms with E-state index in [4.69, 9.17) is 4.74 Å². The molecule has 0 aromatic heterocycles. The van der Waals surface area contributed by atoms with Crippen LogP contribution >= 0.6 is 0 Å². The average Bonchev–Trinajstić information content (AvgIpc) is 2.93. The molecule has 140 valence electrons. The molecule has 1 fully saturated rings. The van der Waals surface area contributed by atoms with Crippen LogP contribution in [0.4, 0.5) is 13.2 Å². The second-order valence-electron chi connectivity index (χ2n) is 7.19. The van der Waals surface area contributed by atoms with Crippen molar-refractivity contribution in [1.82, 2.24) is 0 Å². The molecule has 1 rings (SSSR count). The fraction of sp³-hybridized carbons (Fsp3) is 0.882. The van der Waals surface area contributed by atoms with Gasteiger partial charge in [0.05, 0.1) is 5.41 Å². The summed E-state index contributed by atoms with van der Waals surface area (Å²) in [6, 6.07) is 0. The van der Waals surface area contributed by atoms with E-state index in [9.17, 15) is 22.8 Å². The highest BCUT2D eigenvalue weighted by atomic mass is 19.4. The topological polar surface area (TPSA) is 52.6 Å². The van der Waals surface area contributed by atoms with Crippen LogP contribution in [0.3, 0.4) is 0 Å². The maximum Gasteiger partial charge on any atom is 0.425 e. The lowest BCUT2D eigenvalue weighted by molar-refractivity contribution is -0.216. The highest BCUT2D eigenvalue weighted by molar-refractivity contribution is 5.76. The van der Waals surface area contributed by atoms with E-state index in [1.54, 1.807) is 13.8 Å². The number of alkyl halides is 3. The van der Waals surface area contributed by atoms with Gasteiger partial charge in [-0.1, -0.05) is 6.92 Å². The third-order valence-electron chi connectivity index (χ3n) is 4.81. The maximum atomic E-state index is 12.4. The van der Waals surface area contributed by atoms with Crippen LogP contribution in [0.1, 0.15) is 72.6 Å². The zero-order chi connectivity index (χ0) is 18.6. The number of hydrogen-bond acceptors (Lipinski definition) is 4. The van der Waals surface area contributed by atoms with Crippen molar-refractivity contribution in [3.63, 3.8) is 0 Å². The van der Waals surface area contributed by atoms with Crippen LogP contribution in [-0.4, -0.2) is 29.8 Å². The van der Waals surface area contributed by atoms with Gasteiger partial charge in [-0.2, -0.15) is 13.2 Å². The molecule has 1 aliphatic rings. The van der Waals surface area contributed by atoms with E-state index in [0.717, 1.165) is 19.8 Å². The number of carbonyl (C=O) groups excluding carboxylic acids is 2. The Labute approximate surface area is 141 Å². The third kappa shape index (κ3) is 5.67. The van der Waals surface area contributed by atoms with Crippen molar-refractivity contribution in [2.45, 2.75) is 90.5 Å². The minimum atomic E-state index is -4.57. The van der Waals surface area contributed by atoms with Crippen LogP contribution in [-0.2, 0) is 19.1 Å². The van der Waals surface area contributed by atoms with Crippen LogP contribution in [0, 0.1) is 5.41 Å². The smallest absolute Gasteiger partial charge is 0.425 e. The van der Waals surface area contributed by atoms with E-state index >= 15 is 0 Å². The molecule has 0 N–H and O–H groups in total. The first kappa shape index (κ1) is 20.8. The number of halogens is 3. The molecule has 0 heterocycles. The summed E-state index contributed by atoms with van der Waals surface area (Å²) >= 11 is 0. The van der Waals surface area contributed by atoms with Crippen molar-refractivity contribution in [2.24, 2.45) is 5.41 Å². The Morgan fingerprint density at radius 3 is 2.17 bits per heavy atom. The number of carbonyl (C=O) groups is 2. The Hall–Kier alpha value is -1.27. The lowest BCUT2D eigenvalue weighted by Gasteiger charge is -2.33. The van der Waals surface area contributed by atoms with Crippen molar-refractivity contribution in [3.8, 4) is 0 Å². The molecular formula is C17H27F3O4. The van der Waals surface area contributed by atoms with Gasteiger partial charge in [0.2, 0.25) is 0 Å². The second-order valence-corrected chi connectivity index (χ2v) is 7.19. The summed E-state index contributed by atoms with van der Waals surface area (Å²) in [7, 11) is 0. The molecule has 1 aliphatic carbocycles. The van der Waals surface area contributed by atoms with Crippen molar-refractivity contribution in [3.05, 3.63) is 0 Å². The number of ether oxygens (including phenoxy) is 2. The van der Waals surface area contributed by atoms with Gasteiger partial charge in [-0.15, -0.1) is 0 Å². The van der Waals surface area contributed by atoms with Gasteiger partial charge in [-0.25, -0.2) is 0 Å². The van der Waals surface area contributed by atoms with E-state index in [-0.39, 0.29) is 18.8 Å². The van der Waals surface area contributed by atoms with Gasteiger partial charge in [0.25, 0.3) is 0 Å². The van der Waals surface area contributed by atoms with Crippen LogP contribution in [0.5, 0.6) is 0 Å². The first-order valence-corrected chi connectivity index (χ1v) is 8.41. The predicted octanol–water partition coefficient (Wildman–Crippen LogP) is 4.55. The van der Waals surface area contributed by atoms with Crippen LogP contribution in [0.25, 0.3) is 0 Å². The summed E-state index contributed by atoms with van der Waals surface area (Å²) in [4.78, 5) is 24.0. The Bertz CT molecular complexity index is 451. The average molecular weight is 352 g/mol. The Morgan fingerprint density at radius 1 is 1.17 bits per heavy atom. The molecule has 0 spiro atoms. The highest BCUT2D eigenvalue weighted by Gasteiger charge is 2.42. The zero-order valence-corrected chi connectivity index (χ0v) is 14.8. The molecule has 24 heavy (non-hydrogen) atoms. The fourth-order valence-electron chi connectivity index (χ4n) is 2.55. The standard InChI is InChI=1S/C17H27F3O4/c1-5-15(3,4)14(22)24-16(9-6-7-10-16)11-8-13(21)23-12(2)17(18,19)20/h12H,5-11H2,1-4H3. The van der Waals surface area contributed by atoms with Crippen LogP contribution in [0.15, 0.2) is 0 Å². The molecule has 0 aromatic rings. The van der Waals surface area contributed by atoms with Crippen LogP contribution < -0.4 is 0 Å². The van der Waals surface area contributed by atoms with E-state index in [2.05, 4.69) is 4.74 Å². The maximum absolute atomic E-state index is 12.4. The first-order valence-electron chi connectivity index (χ1n) is 8.41. The van der Waals surface area contributed by atoms with Gasteiger partial charge in [0.1, 0.15) is 5.60 Å². The summed E-state index contributed by atoms with van der Waals surface area (Å²) in [6.45, 7) is 6.26. The molecule has 1 atom stereocenters. The largest absolute Gasteiger partial charge is 0.459 e. The molecule has 7 heteroatoms. The van der Waals surface area contributed by atoms with E-state index in [1.807, 2.05) is 6.92 Å². The Kier molecular flexibility index (Phi) is 6.70. The van der Waals surface area contributed by atoms with Gasteiger partial charge in [0, 0.05) is 6.42 Å². The number of rotatable bonds is 7. The molecule has 0 saturated heterocycles. The normalized spacial score (nSPS) is 19.0. The van der Waals surface area contributed by atoms with E-state index < -0.39 is 29.3 Å². The lowest BCUT2D eigenvalue weighted by Crippen LogP contribution is -2.38. The number of hydrogen-bond donors (Lipinski definition) is 0. The summed E-state index contributed by atoms with van der Waals surface area (Å²) in [5.74, 6) is -1.25. The van der Waals surface area contributed by atoms with Gasteiger partial charge < -0.3 is 9.47 Å². The summed E-state index contributed by atoms with van der Waals surface area (Å²) in [5, 5.41) is 0. The van der Waals surface area contributed by atoms with Gasteiger partial charge >= 0.3 is 18.1 Å². The monoisotopic (exact) mass is 352 g/mol. The van der Waals surface area contributed by atoms with Crippen LogP contribution in [0.2, 0.25) is 0 Å². The van der Waals surface area contributed by atoms with Crippen molar-refractivity contribution in [2.75, 3.05) is 0 Å². The molecule has 0 radical (unpaired) electrons. The van der Waals surface area contributed by atoms with Crippen molar-refractivity contribution >= 4 is 11.9 Å². The lowest BCUT2D eigenvalue weighted by atomic mass is 9.89. The minimum Gasteiger partial charge on any atom is -0.459 e. The summed E-state index contributed by atoms with van der Waals surface area (Å²) in [6.07, 6.45) is -3.10. The third-order valence-corrected chi connectivity index (χ3v) is 4.81. The van der Waals surface area contributed by atoms with Crippen molar-refractivity contribution in [1.29, 1.82) is 0 Å². The molecule has 1 unspecified atom stereocenters. The minimum absolute atomic E-state index is 0.194. The number of esters is 2. The van der Waals surface area contributed by atoms with E-state index in [1.165, 1.54) is 0 Å². The summed E-state index contributed by atoms with van der Waals surface area (Å²) in [5.41, 5.74) is -1.38. The Morgan fingerprint density at radius 2 is 1.71 bits per heavy atom. The van der Waals surface area contributed by atoms with Gasteiger partial charge in [-0.05, 0) is 59.3 Å². The highest BCUT2D eigenvalue weighted by Crippen LogP contribution is 2.39. The fourth-order valence-corrected chi connectivity index (χ4v) is 2.55. The molecule has 0 amide bonds. The van der Waals surface area contributed by atoms with Crippen molar-refractivity contribution < 1.29 is 32.2 Å². The molecule has 4 nitrogen and oxygen atoms in total. The summed E-state index contributed by atoms with van der Waals surface area (Å²) < 4.78 is 47.4. The molecular weight excluding hydrogens is 325 g/mol. The van der Waals surface area contributed by atoms with Gasteiger partial charge in [-0.3, -0.25) is 9.59 Å². The SMILES string of the molecule is CCC(C)(C)C(=O)OC1(CCC(=O)OC(C)C(F)(F)F)CCCC1. The molecule has 0 aliphatic heterocycles. The second kappa shape index (κ2) is 7.74. The molecule has 1 saturated carbocycles. The molecule has 0 aromatic carbocycles.